The van der Waals surface area contributed by atoms with Crippen LogP contribution < -0.4 is 4.74 Å². The second kappa shape index (κ2) is 9.15. The molecule has 0 amide bonds. The fourth-order valence-corrected chi connectivity index (χ4v) is 3.34. The number of esters is 1. The lowest BCUT2D eigenvalue weighted by Gasteiger charge is -2.18. The molecule has 6 nitrogen and oxygen atoms in total. The van der Waals surface area contributed by atoms with Gasteiger partial charge < -0.3 is 4.74 Å². The number of carbonyl (C=O) groups is 2. The fourth-order valence-electron chi connectivity index (χ4n) is 2.18. The number of ether oxygens (including phenoxy) is 1. The summed E-state index contributed by atoms with van der Waals surface area (Å²) in [5.41, 5.74) is 0.512. The Morgan fingerprint density at radius 3 is 2.23 bits per heavy atom. The van der Waals surface area contributed by atoms with Gasteiger partial charge in [0.25, 0.3) is 5.69 Å². The summed E-state index contributed by atoms with van der Waals surface area (Å²) < 4.78 is 5.32. The van der Waals surface area contributed by atoms with Crippen LogP contribution in [-0.2, 0) is 4.79 Å². The van der Waals surface area contributed by atoms with E-state index in [1.165, 1.54) is 24.3 Å². The highest BCUT2D eigenvalue weighted by molar-refractivity contribution is 8.14. The van der Waals surface area contributed by atoms with Gasteiger partial charge in [0.15, 0.2) is 0 Å². The van der Waals surface area contributed by atoms with Gasteiger partial charge in [-0.2, -0.15) is 0 Å². The summed E-state index contributed by atoms with van der Waals surface area (Å²) in [7, 11) is 0. The lowest BCUT2D eigenvalue weighted by atomic mass is 9.98. The van der Waals surface area contributed by atoms with Crippen LogP contribution in [0.4, 0.5) is 5.69 Å². The van der Waals surface area contributed by atoms with Crippen molar-refractivity contribution in [2.24, 2.45) is 11.8 Å². The van der Waals surface area contributed by atoms with Gasteiger partial charge in [0.2, 0.25) is 5.12 Å². The summed E-state index contributed by atoms with van der Waals surface area (Å²) >= 11 is 1.08. The summed E-state index contributed by atoms with van der Waals surface area (Å²) in [5.74, 6) is -0.399. The largest absolute Gasteiger partial charge is 0.426 e. The van der Waals surface area contributed by atoms with Crippen LogP contribution in [0, 0.1) is 22.0 Å². The molecular weight excluding hydrogens is 354 g/mol. The zero-order chi connectivity index (χ0) is 19.1. The molecule has 0 N–H and O–H groups in total. The van der Waals surface area contributed by atoms with E-state index >= 15 is 0 Å². The third-order valence-electron chi connectivity index (χ3n) is 3.78. The summed E-state index contributed by atoms with van der Waals surface area (Å²) in [6.07, 6.45) is 0. The summed E-state index contributed by atoms with van der Waals surface area (Å²) in [6.45, 7) is 3.77. The molecule has 0 saturated carbocycles. The zero-order valence-electron chi connectivity index (χ0n) is 14.5. The van der Waals surface area contributed by atoms with Crippen molar-refractivity contribution in [3.63, 3.8) is 0 Å². The Labute approximate surface area is 155 Å². The third kappa shape index (κ3) is 5.42. The van der Waals surface area contributed by atoms with E-state index in [2.05, 4.69) is 0 Å². The molecule has 0 aliphatic carbocycles. The SMILES string of the molecule is CC(C)C(CSC(=O)c1ccccc1)C(=O)Oc1ccc([N+](=O)[O-])cc1. The standard InChI is InChI=1S/C19H19NO5S/c1-13(2)17(12-26-19(22)14-6-4-3-5-7-14)18(21)25-16-10-8-15(9-11-16)20(23)24/h3-11,13,17H,12H2,1-2H3. The first-order chi connectivity index (χ1) is 12.4. The van der Waals surface area contributed by atoms with E-state index in [1.807, 2.05) is 19.9 Å². The van der Waals surface area contributed by atoms with E-state index in [4.69, 9.17) is 4.74 Å². The Kier molecular flexibility index (Phi) is 6.91. The Balaban J connectivity index is 1.98. The lowest BCUT2D eigenvalue weighted by Crippen LogP contribution is -2.27. The van der Waals surface area contributed by atoms with Crippen molar-refractivity contribution in [1.29, 1.82) is 0 Å². The first kappa shape index (κ1) is 19.7. The zero-order valence-corrected chi connectivity index (χ0v) is 15.3. The number of hydrogen-bond donors (Lipinski definition) is 0. The molecule has 0 aliphatic heterocycles. The highest BCUT2D eigenvalue weighted by Gasteiger charge is 2.26. The Hall–Kier alpha value is -2.67. The van der Waals surface area contributed by atoms with Crippen molar-refractivity contribution in [3.05, 3.63) is 70.3 Å². The molecule has 0 aromatic heterocycles. The van der Waals surface area contributed by atoms with E-state index in [0.29, 0.717) is 11.3 Å². The average Bonchev–Trinajstić information content (AvgIpc) is 2.62. The van der Waals surface area contributed by atoms with Crippen molar-refractivity contribution in [1.82, 2.24) is 0 Å². The molecule has 0 aliphatic rings. The van der Waals surface area contributed by atoms with Crippen LogP contribution in [0.15, 0.2) is 54.6 Å². The van der Waals surface area contributed by atoms with Gasteiger partial charge in [-0.1, -0.05) is 55.9 Å². The third-order valence-corrected chi connectivity index (χ3v) is 4.80. The van der Waals surface area contributed by atoms with E-state index in [0.717, 1.165) is 11.8 Å². The van der Waals surface area contributed by atoms with Crippen molar-refractivity contribution in [2.45, 2.75) is 13.8 Å². The monoisotopic (exact) mass is 373 g/mol. The van der Waals surface area contributed by atoms with Crippen molar-refractivity contribution >= 4 is 28.5 Å². The quantitative estimate of drug-likeness (QED) is 0.310. The molecular formula is C19H19NO5S. The van der Waals surface area contributed by atoms with Crippen LogP contribution in [0.1, 0.15) is 24.2 Å². The molecule has 1 unspecified atom stereocenters. The van der Waals surface area contributed by atoms with Crippen LogP contribution >= 0.6 is 11.8 Å². The lowest BCUT2D eigenvalue weighted by molar-refractivity contribution is -0.384. The highest BCUT2D eigenvalue weighted by Crippen LogP contribution is 2.24. The topological polar surface area (TPSA) is 86.5 Å². The molecule has 2 aromatic carbocycles. The molecule has 0 spiro atoms. The molecule has 0 radical (unpaired) electrons. The first-order valence-corrected chi connectivity index (χ1v) is 9.05. The van der Waals surface area contributed by atoms with Gasteiger partial charge in [-0.3, -0.25) is 19.7 Å². The Bertz CT molecular complexity index is 774. The van der Waals surface area contributed by atoms with Gasteiger partial charge in [0.05, 0.1) is 10.8 Å². The molecule has 0 saturated heterocycles. The Morgan fingerprint density at radius 2 is 1.69 bits per heavy atom. The van der Waals surface area contributed by atoms with E-state index < -0.39 is 16.8 Å². The molecule has 26 heavy (non-hydrogen) atoms. The molecule has 0 fully saturated rings. The van der Waals surface area contributed by atoms with E-state index in [-0.39, 0.29) is 22.5 Å². The van der Waals surface area contributed by atoms with Crippen LogP contribution in [0.5, 0.6) is 5.75 Å². The molecule has 0 bridgehead atoms. The summed E-state index contributed by atoms with van der Waals surface area (Å²) in [4.78, 5) is 34.8. The highest BCUT2D eigenvalue weighted by atomic mass is 32.2. The van der Waals surface area contributed by atoms with Crippen molar-refractivity contribution in [2.75, 3.05) is 5.75 Å². The van der Waals surface area contributed by atoms with Gasteiger partial charge in [-0.05, 0) is 18.1 Å². The van der Waals surface area contributed by atoms with Crippen molar-refractivity contribution in [3.8, 4) is 5.75 Å². The summed E-state index contributed by atoms with van der Waals surface area (Å²) in [5, 5.41) is 10.6. The van der Waals surface area contributed by atoms with Gasteiger partial charge >= 0.3 is 5.97 Å². The average molecular weight is 373 g/mol. The van der Waals surface area contributed by atoms with Gasteiger partial charge in [0.1, 0.15) is 5.75 Å². The minimum atomic E-state index is -0.519. The summed E-state index contributed by atoms with van der Waals surface area (Å²) in [6, 6.07) is 14.2. The minimum Gasteiger partial charge on any atom is -0.426 e. The number of carbonyl (C=O) groups excluding carboxylic acids is 2. The molecule has 2 rings (SSSR count). The molecule has 136 valence electrons. The van der Waals surface area contributed by atoms with Gasteiger partial charge in [0, 0.05) is 23.4 Å². The Morgan fingerprint density at radius 1 is 1.08 bits per heavy atom. The molecule has 1 atom stereocenters. The molecule has 7 heteroatoms. The number of thioether (sulfide) groups is 1. The molecule has 2 aromatic rings. The predicted octanol–water partition coefficient (Wildman–Crippen LogP) is 4.35. The van der Waals surface area contributed by atoms with E-state index in [9.17, 15) is 19.7 Å². The van der Waals surface area contributed by atoms with Crippen LogP contribution in [0.2, 0.25) is 0 Å². The maximum atomic E-state index is 12.4. The number of hydrogen-bond acceptors (Lipinski definition) is 6. The normalized spacial score (nSPS) is 11.8. The van der Waals surface area contributed by atoms with Crippen LogP contribution in [0.3, 0.4) is 0 Å². The minimum absolute atomic E-state index is 0.0170. The smallest absolute Gasteiger partial charge is 0.315 e. The molecule has 0 heterocycles. The maximum absolute atomic E-state index is 12.4. The predicted molar refractivity (Wildman–Crippen MR) is 100 cm³/mol. The number of nitro groups is 1. The second-order valence-corrected chi connectivity index (χ2v) is 6.98. The first-order valence-electron chi connectivity index (χ1n) is 8.07. The fraction of sp³-hybridized carbons (Fsp3) is 0.263. The van der Waals surface area contributed by atoms with Crippen LogP contribution in [-0.4, -0.2) is 21.8 Å². The number of non-ortho nitro benzene ring substituents is 1. The van der Waals surface area contributed by atoms with E-state index in [1.54, 1.807) is 24.3 Å². The number of rotatable bonds is 7. The van der Waals surface area contributed by atoms with Gasteiger partial charge in [-0.15, -0.1) is 0 Å². The number of benzene rings is 2. The number of nitro benzene ring substituents is 1. The maximum Gasteiger partial charge on any atom is 0.315 e. The second-order valence-electron chi connectivity index (χ2n) is 5.99. The van der Waals surface area contributed by atoms with Crippen molar-refractivity contribution < 1.29 is 19.2 Å². The van der Waals surface area contributed by atoms with Gasteiger partial charge in [-0.25, -0.2) is 0 Å². The van der Waals surface area contributed by atoms with Crippen LogP contribution in [0.25, 0.3) is 0 Å². The number of nitrogens with zero attached hydrogens (tertiary/aromatic N) is 1.